The first-order chi connectivity index (χ1) is 9.18. The highest BCUT2D eigenvalue weighted by Gasteiger charge is 2.17. The summed E-state index contributed by atoms with van der Waals surface area (Å²) in [6.07, 6.45) is 2.39. The number of rotatable bonds is 5. The summed E-state index contributed by atoms with van der Waals surface area (Å²) in [6.45, 7) is 18.9. The van der Waals surface area contributed by atoms with E-state index < -0.39 is 0 Å². The third-order valence-corrected chi connectivity index (χ3v) is 3.25. The van der Waals surface area contributed by atoms with Gasteiger partial charge in [0, 0.05) is 0 Å². The van der Waals surface area contributed by atoms with Gasteiger partial charge in [-0.2, -0.15) is 0 Å². The van der Waals surface area contributed by atoms with Crippen molar-refractivity contribution in [3.05, 3.63) is 57.3 Å². The SMILES string of the molecule is [B]/C(=C\N)C(=C(C)C)C(=C(C)C)C(C(=C)CC)=C(C)C. The molecule has 0 aromatic heterocycles. The molecule has 0 aromatic rings. The van der Waals surface area contributed by atoms with E-state index >= 15 is 0 Å². The molecule has 2 radical (unpaired) electrons. The normalized spacial score (nSPS) is 10.8. The summed E-state index contributed by atoms with van der Waals surface area (Å²) in [5.74, 6) is 0. The van der Waals surface area contributed by atoms with Crippen LogP contribution in [0.2, 0.25) is 0 Å². The van der Waals surface area contributed by atoms with Crippen molar-refractivity contribution in [2.75, 3.05) is 0 Å². The van der Waals surface area contributed by atoms with Crippen molar-refractivity contribution in [2.45, 2.75) is 54.9 Å². The molecule has 0 aromatic carbocycles. The monoisotopic (exact) mass is 269 g/mol. The Hall–Kier alpha value is -1.44. The van der Waals surface area contributed by atoms with Crippen molar-refractivity contribution >= 4 is 7.85 Å². The molecule has 0 aliphatic carbocycles. The zero-order valence-corrected chi connectivity index (χ0v) is 14.1. The molecule has 0 heterocycles. The summed E-state index contributed by atoms with van der Waals surface area (Å²) in [7, 11) is 6.13. The van der Waals surface area contributed by atoms with Crippen LogP contribution >= 0.6 is 0 Å². The van der Waals surface area contributed by atoms with Crippen LogP contribution in [0.15, 0.2) is 57.3 Å². The van der Waals surface area contributed by atoms with E-state index in [0.29, 0.717) is 5.47 Å². The Kier molecular flexibility index (Phi) is 7.41. The van der Waals surface area contributed by atoms with Crippen molar-refractivity contribution in [1.82, 2.24) is 0 Å². The Labute approximate surface area is 126 Å². The third-order valence-electron chi connectivity index (χ3n) is 3.25. The molecule has 2 N–H and O–H groups in total. The highest BCUT2D eigenvalue weighted by molar-refractivity contribution is 6.25. The number of hydrogen-bond donors (Lipinski definition) is 1. The summed E-state index contributed by atoms with van der Waals surface area (Å²) >= 11 is 0. The van der Waals surface area contributed by atoms with Crippen LogP contribution in [-0.2, 0) is 0 Å². The lowest BCUT2D eigenvalue weighted by Crippen LogP contribution is -2.07. The smallest absolute Gasteiger partial charge is 0.116 e. The van der Waals surface area contributed by atoms with Crippen LogP contribution in [0.5, 0.6) is 0 Å². The molecule has 0 unspecified atom stereocenters. The van der Waals surface area contributed by atoms with Gasteiger partial charge in [0.2, 0.25) is 0 Å². The van der Waals surface area contributed by atoms with E-state index in [2.05, 4.69) is 55.0 Å². The van der Waals surface area contributed by atoms with Crippen LogP contribution in [0.1, 0.15) is 54.9 Å². The quantitative estimate of drug-likeness (QED) is 0.555. The second kappa shape index (κ2) is 7.99. The summed E-state index contributed by atoms with van der Waals surface area (Å²) in [5, 5.41) is 0. The van der Waals surface area contributed by atoms with Gasteiger partial charge in [0.15, 0.2) is 0 Å². The molecule has 20 heavy (non-hydrogen) atoms. The van der Waals surface area contributed by atoms with E-state index in [1.165, 1.54) is 22.9 Å². The van der Waals surface area contributed by atoms with Crippen molar-refractivity contribution in [1.29, 1.82) is 0 Å². The molecule has 2 heteroatoms. The van der Waals surface area contributed by atoms with E-state index in [-0.39, 0.29) is 0 Å². The number of hydrogen-bond acceptors (Lipinski definition) is 1. The van der Waals surface area contributed by atoms with Gasteiger partial charge in [-0.25, -0.2) is 0 Å². The van der Waals surface area contributed by atoms with Gasteiger partial charge >= 0.3 is 0 Å². The number of allylic oxidation sites excluding steroid dienone is 8. The maximum absolute atomic E-state index is 6.13. The van der Waals surface area contributed by atoms with E-state index in [1.54, 1.807) is 0 Å². The van der Waals surface area contributed by atoms with Crippen molar-refractivity contribution < 1.29 is 0 Å². The molecule has 0 spiro atoms. The summed E-state index contributed by atoms with van der Waals surface area (Å²) in [5.41, 5.74) is 14.4. The lowest BCUT2D eigenvalue weighted by atomic mass is 9.76. The molecule has 108 valence electrons. The average Bonchev–Trinajstić information content (AvgIpc) is 2.35. The minimum absolute atomic E-state index is 0.615. The van der Waals surface area contributed by atoms with E-state index in [1.807, 2.05) is 0 Å². The predicted molar refractivity (Wildman–Crippen MR) is 92.6 cm³/mol. The second-order valence-corrected chi connectivity index (χ2v) is 5.70. The zero-order valence-electron chi connectivity index (χ0n) is 14.1. The fourth-order valence-corrected chi connectivity index (χ4v) is 2.35. The van der Waals surface area contributed by atoms with Crippen LogP contribution < -0.4 is 5.73 Å². The Morgan fingerprint density at radius 1 is 0.900 bits per heavy atom. The highest BCUT2D eigenvalue weighted by atomic mass is 14.5. The van der Waals surface area contributed by atoms with E-state index in [9.17, 15) is 0 Å². The molecule has 0 aliphatic rings. The molecule has 0 saturated carbocycles. The summed E-state index contributed by atoms with van der Waals surface area (Å²) < 4.78 is 0. The largest absolute Gasteiger partial charge is 0.405 e. The molecule has 1 nitrogen and oxygen atoms in total. The Morgan fingerprint density at radius 3 is 1.55 bits per heavy atom. The van der Waals surface area contributed by atoms with Crippen LogP contribution in [0.3, 0.4) is 0 Å². The molecule has 0 atom stereocenters. The summed E-state index contributed by atoms with van der Waals surface area (Å²) in [4.78, 5) is 0. The third kappa shape index (κ3) is 4.30. The lowest BCUT2D eigenvalue weighted by Gasteiger charge is -2.23. The Bertz CT molecular complexity index is 502. The molecule has 0 aliphatic heterocycles. The second-order valence-electron chi connectivity index (χ2n) is 5.70. The van der Waals surface area contributed by atoms with Crippen LogP contribution in [-0.4, -0.2) is 7.85 Å². The Balaban J connectivity index is 6.48. The van der Waals surface area contributed by atoms with Gasteiger partial charge in [-0.05, 0) is 76.5 Å². The first-order valence-corrected chi connectivity index (χ1v) is 7.07. The average molecular weight is 269 g/mol. The fraction of sp³-hybridized carbons (Fsp3) is 0.444. The van der Waals surface area contributed by atoms with Gasteiger partial charge in [-0.3, -0.25) is 0 Å². The molecular weight excluding hydrogens is 241 g/mol. The van der Waals surface area contributed by atoms with Crippen molar-refractivity contribution in [3.63, 3.8) is 0 Å². The number of nitrogens with two attached hydrogens (primary N) is 1. The molecule has 0 rings (SSSR count). The topological polar surface area (TPSA) is 26.0 Å². The highest BCUT2D eigenvalue weighted by Crippen LogP contribution is 2.35. The van der Waals surface area contributed by atoms with Gasteiger partial charge in [-0.15, -0.1) is 0 Å². The van der Waals surface area contributed by atoms with Crippen LogP contribution in [0.4, 0.5) is 0 Å². The Morgan fingerprint density at radius 2 is 1.30 bits per heavy atom. The van der Waals surface area contributed by atoms with E-state index in [0.717, 1.165) is 28.7 Å². The van der Waals surface area contributed by atoms with Gasteiger partial charge in [-0.1, -0.05) is 35.7 Å². The van der Waals surface area contributed by atoms with Crippen LogP contribution in [0.25, 0.3) is 0 Å². The lowest BCUT2D eigenvalue weighted by molar-refractivity contribution is 1.08. The fourth-order valence-electron chi connectivity index (χ4n) is 2.35. The van der Waals surface area contributed by atoms with Gasteiger partial charge in [0.25, 0.3) is 0 Å². The molecule has 0 saturated heterocycles. The van der Waals surface area contributed by atoms with Gasteiger partial charge < -0.3 is 5.73 Å². The van der Waals surface area contributed by atoms with Gasteiger partial charge in [0.05, 0.1) is 0 Å². The standard InChI is InChI=1S/C18H28BN/c1-9-14(8)16(11(2)3)18(13(6)7)17(12(4)5)15(19)10-20/h10H,8-9,20H2,1-7H3/b15-10-. The van der Waals surface area contributed by atoms with Crippen molar-refractivity contribution in [3.8, 4) is 0 Å². The maximum Gasteiger partial charge on any atom is 0.116 e. The molecule has 0 bridgehead atoms. The predicted octanol–water partition coefficient (Wildman–Crippen LogP) is 4.93. The maximum atomic E-state index is 6.13. The first kappa shape index (κ1) is 18.6. The molecule has 0 fully saturated rings. The van der Waals surface area contributed by atoms with Crippen LogP contribution in [0, 0.1) is 0 Å². The summed E-state index contributed by atoms with van der Waals surface area (Å²) in [6, 6.07) is 0. The molecular formula is C18H28BN. The minimum Gasteiger partial charge on any atom is -0.405 e. The minimum atomic E-state index is 0.615. The van der Waals surface area contributed by atoms with Gasteiger partial charge in [0.1, 0.15) is 7.85 Å². The first-order valence-electron chi connectivity index (χ1n) is 7.07. The molecule has 0 amide bonds. The van der Waals surface area contributed by atoms with E-state index in [4.69, 9.17) is 13.6 Å². The van der Waals surface area contributed by atoms with Crippen molar-refractivity contribution in [2.24, 2.45) is 5.73 Å². The zero-order chi connectivity index (χ0) is 16.0.